The molecule has 0 saturated carbocycles. The number of carbonyl (C=O) groups excluding carboxylic acids is 2. The molecule has 0 radical (unpaired) electrons. The first-order valence-electron chi connectivity index (χ1n) is 7.76. The van der Waals surface area contributed by atoms with Gasteiger partial charge in [0, 0.05) is 31.3 Å². The maximum Gasteiger partial charge on any atom is 0.302 e. The summed E-state index contributed by atoms with van der Waals surface area (Å²) in [4.78, 5) is 26.1. The molecule has 1 aromatic rings. The summed E-state index contributed by atoms with van der Waals surface area (Å²) in [7, 11) is 0. The average Bonchev–Trinajstić information content (AvgIpc) is 3.00. The van der Waals surface area contributed by atoms with Crippen molar-refractivity contribution < 1.29 is 14.3 Å². The highest BCUT2D eigenvalue weighted by Gasteiger charge is 2.26. The normalized spacial score (nSPS) is 17.3. The Morgan fingerprint density at radius 3 is 2.77 bits per heavy atom. The van der Waals surface area contributed by atoms with Crippen LogP contribution in [0.15, 0.2) is 17.5 Å². The number of nitrogens with two attached hydrogens (primary N) is 1. The van der Waals surface area contributed by atoms with Gasteiger partial charge in [-0.05, 0) is 36.6 Å². The third-order valence-corrected chi connectivity index (χ3v) is 4.97. The minimum atomic E-state index is -0.448. The first-order valence-corrected chi connectivity index (χ1v) is 8.64. The highest BCUT2D eigenvalue weighted by atomic mass is 32.1. The van der Waals surface area contributed by atoms with Crippen LogP contribution in [0.5, 0.6) is 0 Å². The number of nitrogens with zero attached hydrogens (tertiary/aromatic N) is 1. The molecule has 6 heteroatoms. The van der Waals surface area contributed by atoms with Gasteiger partial charge in [0.05, 0.1) is 12.6 Å². The fraction of sp³-hybridized carbons (Fsp3) is 0.625. The molecule has 22 heavy (non-hydrogen) atoms. The second-order valence-electron chi connectivity index (χ2n) is 5.79. The molecule has 1 aliphatic rings. The zero-order chi connectivity index (χ0) is 15.9. The molecule has 2 rings (SSSR count). The SMILES string of the molecule is CC(=O)OCCC1CCN(C(=O)[C@@H](N)Cc2cccs2)CC1. The summed E-state index contributed by atoms with van der Waals surface area (Å²) in [5.74, 6) is 0.343. The van der Waals surface area contributed by atoms with Crippen molar-refractivity contribution in [1.29, 1.82) is 0 Å². The van der Waals surface area contributed by atoms with Crippen LogP contribution < -0.4 is 5.73 Å². The van der Waals surface area contributed by atoms with Crippen molar-refractivity contribution in [3.8, 4) is 0 Å². The molecular formula is C16H24N2O3S. The van der Waals surface area contributed by atoms with Gasteiger partial charge in [-0.3, -0.25) is 9.59 Å². The van der Waals surface area contributed by atoms with Gasteiger partial charge in [-0.25, -0.2) is 0 Å². The number of ether oxygens (including phenoxy) is 1. The largest absolute Gasteiger partial charge is 0.466 e. The quantitative estimate of drug-likeness (QED) is 0.810. The van der Waals surface area contributed by atoms with E-state index in [9.17, 15) is 9.59 Å². The van der Waals surface area contributed by atoms with E-state index in [4.69, 9.17) is 10.5 Å². The second kappa shape index (κ2) is 8.29. The molecule has 122 valence electrons. The van der Waals surface area contributed by atoms with Gasteiger partial charge >= 0.3 is 5.97 Å². The maximum absolute atomic E-state index is 12.4. The number of amides is 1. The molecule has 2 N–H and O–H groups in total. The number of esters is 1. The summed E-state index contributed by atoms with van der Waals surface area (Å²) in [5, 5.41) is 2.00. The van der Waals surface area contributed by atoms with E-state index < -0.39 is 6.04 Å². The van der Waals surface area contributed by atoms with Gasteiger partial charge < -0.3 is 15.4 Å². The van der Waals surface area contributed by atoms with Crippen molar-refractivity contribution in [2.45, 2.75) is 38.6 Å². The summed E-state index contributed by atoms with van der Waals surface area (Å²) in [5.41, 5.74) is 6.05. The molecule has 0 spiro atoms. The molecule has 1 aliphatic heterocycles. The first kappa shape index (κ1) is 17.0. The molecule has 2 heterocycles. The molecule has 1 amide bonds. The van der Waals surface area contributed by atoms with E-state index >= 15 is 0 Å². The van der Waals surface area contributed by atoms with Gasteiger partial charge in [0.1, 0.15) is 0 Å². The summed E-state index contributed by atoms with van der Waals surface area (Å²) >= 11 is 1.63. The van der Waals surface area contributed by atoms with E-state index in [1.807, 2.05) is 22.4 Å². The smallest absolute Gasteiger partial charge is 0.302 e. The van der Waals surface area contributed by atoms with E-state index in [0.29, 0.717) is 18.9 Å². The number of rotatable bonds is 6. The van der Waals surface area contributed by atoms with Crippen LogP contribution >= 0.6 is 11.3 Å². The van der Waals surface area contributed by atoms with Gasteiger partial charge in [-0.2, -0.15) is 0 Å². The van der Waals surface area contributed by atoms with Crippen LogP contribution in [0.2, 0.25) is 0 Å². The average molecular weight is 324 g/mol. The Kier molecular flexibility index (Phi) is 6.39. The number of thiophene rings is 1. The van der Waals surface area contributed by atoms with Gasteiger partial charge in [-0.1, -0.05) is 6.07 Å². The highest BCUT2D eigenvalue weighted by molar-refractivity contribution is 7.09. The van der Waals surface area contributed by atoms with Crippen molar-refractivity contribution in [2.24, 2.45) is 11.7 Å². The highest BCUT2D eigenvalue weighted by Crippen LogP contribution is 2.21. The number of carbonyl (C=O) groups is 2. The number of likely N-dealkylation sites (tertiary alicyclic amines) is 1. The Morgan fingerprint density at radius 2 is 2.18 bits per heavy atom. The molecule has 5 nitrogen and oxygen atoms in total. The Balaban J connectivity index is 1.71. The first-order chi connectivity index (χ1) is 10.6. The molecule has 0 aromatic carbocycles. The Morgan fingerprint density at radius 1 is 1.45 bits per heavy atom. The number of hydrogen-bond donors (Lipinski definition) is 1. The Bertz CT molecular complexity index is 482. The summed E-state index contributed by atoms with van der Waals surface area (Å²) in [6, 6.07) is 3.54. The standard InChI is InChI=1S/C16H24N2O3S/c1-12(19)21-9-6-13-4-7-18(8-5-13)16(20)15(17)11-14-3-2-10-22-14/h2-3,10,13,15H,4-9,11,17H2,1H3/t15-/m0/s1. The molecule has 0 bridgehead atoms. The predicted molar refractivity (Wildman–Crippen MR) is 86.6 cm³/mol. The fourth-order valence-electron chi connectivity index (χ4n) is 2.78. The van der Waals surface area contributed by atoms with Gasteiger partial charge in [0.15, 0.2) is 0 Å². The fourth-order valence-corrected chi connectivity index (χ4v) is 3.54. The van der Waals surface area contributed by atoms with E-state index in [1.165, 1.54) is 6.92 Å². The Labute approximate surface area is 135 Å². The van der Waals surface area contributed by atoms with Crippen LogP contribution in [0.25, 0.3) is 0 Å². The van der Waals surface area contributed by atoms with Crippen molar-refractivity contribution >= 4 is 23.2 Å². The minimum Gasteiger partial charge on any atom is -0.466 e. The molecule has 0 aliphatic carbocycles. The van der Waals surface area contributed by atoms with Gasteiger partial charge in [0.2, 0.25) is 5.91 Å². The van der Waals surface area contributed by atoms with Crippen molar-refractivity contribution in [2.75, 3.05) is 19.7 Å². The van der Waals surface area contributed by atoms with Crippen LogP contribution in [-0.4, -0.2) is 42.5 Å². The third-order valence-electron chi connectivity index (χ3n) is 4.08. The minimum absolute atomic E-state index is 0.0480. The van der Waals surface area contributed by atoms with Crippen LogP contribution in [0.3, 0.4) is 0 Å². The third kappa shape index (κ3) is 5.10. The molecule has 0 unspecified atom stereocenters. The summed E-state index contributed by atoms with van der Waals surface area (Å²) < 4.78 is 4.98. The lowest BCUT2D eigenvalue weighted by Gasteiger charge is -2.33. The summed E-state index contributed by atoms with van der Waals surface area (Å²) in [6.07, 6.45) is 3.41. The van der Waals surface area contributed by atoms with Crippen molar-refractivity contribution in [1.82, 2.24) is 4.90 Å². The lowest BCUT2D eigenvalue weighted by Crippen LogP contribution is -2.48. The summed E-state index contributed by atoms with van der Waals surface area (Å²) in [6.45, 7) is 3.41. The van der Waals surface area contributed by atoms with E-state index in [1.54, 1.807) is 11.3 Å². The van der Waals surface area contributed by atoms with E-state index in [2.05, 4.69) is 0 Å². The van der Waals surface area contributed by atoms with Crippen LogP contribution in [0.1, 0.15) is 31.1 Å². The molecular weight excluding hydrogens is 300 g/mol. The topological polar surface area (TPSA) is 72.6 Å². The van der Waals surface area contributed by atoms with Crippen LogP contribution in [-0.2, 0) is 20.7 Å². The molecule has 1 saturated heterocycles. The molecule has 1 aromatic heterocycles. The van der Waals surface area contributed by atoms with Crippen LogP contribution in [0.4, 0.5) is 0 Å². The molecule has 1 atom stereocenters. The maximum atomic E-state index is 12.4. The van der Waals surface area contributed by atoms with E-state index in [0.717, 1.165) is 37.2 Å². The monoisotopic (exact) mass is 324 g/mol. The molecule has 1 fully saturated rings. The number of piperidine rings is 1. The predicted octanol–water partition coefficient (Wildman–Crippen LogP) is 1.81. The Hall–Kier alpha value is -1.40. The lowest BCUT2D eigenvalue weighted by molar-refractivity contribution is -0.141. The van der Waals surface area contributed by atoms with Crippen LogP contribution in [0, 0.1) is 5.92 Å². The zero-order valence-corrected chi connectivity index (χ0v) is 13.8. The lowest BCUT2D eigenvalue weighted by atomic mass is 9.93. The van der Waals surface area contributed by atoms with Gasteiger partial charge in [-0.15, -0.1) is 11.3 Å². The van der Waals surface area contributed by atoms with Crippen molar-refractivity contribution in [3.05, 3.63) is 22.4 Å². The van der Waals surface area contributed by atoms with Gasteiger partial charge in [0.25, 0.3) is 0 Å². The second-order valence-corrected chi connectivity index (χ2v) is 6.82. The number of hydrogen-bond acceptors (Lipinski definition) is 5. The zero-order valence-electron chi connectivity index (χ0n) is 13.0. The van der Waals surface area contributed by atoms with Crippen molar-refractivity contribution in [3.63, 3.8) is 0 Å². The van der Waals surface area contributed by atoms with E-state index in [-0.39, 0.29) is 11.9 Å².